The van der Waals surface area contributed by atoms with Crippen LogP contribution in [-0.2, 0) is 17.9 Å². The number of hydrogen-bond acceptors (Lipinski definition) is 4. The standard InChI is InChI=1S/C14H20N4OS/c1-5-6-18-10-11-7-12(15-9-13(11)17-18)8-16-20(19)14(2,3)4/h7-10H,5-6H2,1-4H3. The Balaban J connectivity index is 2.21. The normalized spacial score (nSPS) is 14.2. The Hall–Kier alpha value is -1.40. The Morgan fingerprint density at radius 2 is 2.20 bits per heavy atom. The van der Waals surface area contributed by atoms with Gasteiger partial charge in [0.25, 0.3) is 0 Å². The maximum absolute atomic E-state index is 11.9. The van der Waals surface area contributed by atoms with Crippen molar-refractivity contribution >= 4 is 28.5 Å². The molecule has 0 radical (unpaired) electrons. The summed E-state index contributed by atoms with van der Waals surface area (Å²) in [7, 11) is 0. The van der Waals surface area contributed by atoms with E-state index in [0.717, 1.165) is 23.9 Å². The lowest BCUT2D eigenvalue weighted by Crippen LogP contribution is -2.25. The van der Waals surface area contributed by atoms with Crippen LogP contribution in [0.25, 0.3) is 10.9 Å². The van der Waals surface area contributed by atoms with E-state index in [4.69, 9.17) is 0 Å². The van der Waals surface area contributed by atoms with Crippen LogP contribution in [0.1, 0.15) is 39.8 Å². The fraction of sp³-hybridized carbons (Fsp3) is 0.500. The molecule has 0 spiro atoms. The van der Waals surface area contributed by atoms with E-state index in [1.807, 2.05) is 37.7 Å². The third-order valence-corrected chi connectivity index (χ3v) is 4.06. The Morgan fingerprint density at radius 3 is 2.85 bits per heavy atom. The summed E-state index contributed by atoms with van der Waals surface area (Å²) in [6, 6.07) is 1.91. The topological polar surface area (TPSA) is 66.1 Å². The average molecular weight is 292 g/mol. The van der Waals surface area contributed by atoms with Gasteiger partial charge in [0.05, 0.1) is 11.9 Å². The van der Waals surface area contributed by atoms with Crippen LogP contribution in [0.15, 0.2) is 22.9 Å². The summed E-state index contributed by atoms with van der Waals surface area (Å²) in [5, 5.41) is 5.45. The van der Waals surface area contributed by atoms with Crippen molar-refractivity contribution in [2.75, 3.05) is 0 Å². The number of pyridine rings is 1. The number of aryl methyl sites for hydroxylation is 1. The minimum atomic E-state index is -1.26. The molecule has 6 heteroatoms. The molecule has 2 rings (SSSR count). The van der Waals surface area contributed by atoms with Gasteiger partial charge in [0.2, 0.25) is 0 Å². The first-order valence-corrected chi connectivity index (χ1v) is 7.80. The first kappa shape index (κ1) is 15.0. The molecular formula is C14H20N4OS. The van der Waals surface area contributed by atoms with E-state index in [1.54, 1.807) is 12.4 Å². The zero-order chi connectivity index (χ0) is 14.8. The molecule has 2 aromatic rings. The molecule has 0 saturated carbocycles. The minimum absolute atomic E-state index is 0.355. The number of nitrogens with zero attached hydrogens (tertiary/aromatic N) is 4. The molecule has 0 amide bonds. The highest BCUT2D eigenvalue weighted by atomic mass is 32.2. The maximum Gasteiger partial charge on any atom is 0.144 e. The third kappa shape index (κ3) is 3.58. The van der Waals surface area contributed by atoms with Crippen LogP contribution < -0.4 is 0 Å². The van der Waals surface area contributed by atoms with Gasteiger partial charge in [0.15, 0.2) is 0 Å². The molecule has 0 saturated heterocycles. The molecule has 0 fully saturated rings. The van der Waals surface area contributed by atoms with Crippen LogP contribution >= 0.6 is 0 Å². The molecular weight excluding hydrogens is 272 g/mol. The van der Waals surface area contributed by atoms with Crippen molar-refractivity contribution in [1.29, 1.82) is 0 Å². The molecule has 20 heavy (non-hydrogen) atoms. The van der Waals surface area contributed by atoms with Crippen LogP contribution in [0.4, 0.5) is 0 Å². The summed E-state index contributed by atoms with van der Waals surface area (Å²) in [5.41, 5.74) is 1.57. The lowest BCUT2D eigenvalue weighted by Gasteiger charge is -2.17. The lowest BCUT2D eigenvalue weighted by molar-refractivity contribution is 0.562. The van der Waals surface area contributed by atoms with Crippen LogP contribution in [0.2, 0.25) is 0 Å². The predicted molar refractivity (Wildman–Crippen MR) is 83.3 cm³/mol. The summed E-state index contributed by atoms with van der Waals surface area (Å²) >= 11 is -1.26. The molecule has 0 aromatic carbocycles. The average Bonchev–Trinajstić information content (AvgIpc) is 2.76. The Kier molecular flexibility index (Phi) is 4.45. The fourth-order valence-electron chi connectivity index (χ4n) is 1.67. The predicted octanol–water partition coefficient (Wildman–Crippen LogP) is 2.72. The van der Waals surface area contributed by atoms with Gasteiger partial charge in [-0.25, -0.2) is 0 Å². The molecule has 5 nitrogen and oxygen atoms in total. The maximum atomic E-state index is 11.9. The van der Waals surface area contributed by atoms with Gasteiger partial charge in [0.1, 0.15) is 27.8 Å². The van der Waals surface area contributed by atoms with Crippen LogP contribution in [0, 0.1) is 0 Å². The second-order valence-corrected chi connectivity index (χ2v) is 7.59. The summed E-state index contributed by atoms with van der Waals surface area (Å²) in [6.45, 7) is 8.69. The van der Waals surface area contributed by atoms with Gasteiger partial charge in [0, 0.05) is 18.1 Å². The molecule has 1 unspecified atom stereocenters. The first-order valence-electron chi connectivity index (χ1n) is 6.69. The zero-order valence-electron chi connectivity index (χ0n) is 12.3. The van der Waals surface area contributed by atoms with Gasteiger partial charge < -0.3 is 4.55 Å². The summed E-state index contributed by atoms with van der Waals surface area (Å²) < 4.78 is 17.5. The Bertz CT molecular complexity index is 615. The Labute approximate surface area is 122 Å². The van der Waals surface area contributed by atoms with Crippen molar-refractivity contribution in [3.8, 4) is 0 Å². The lowest BCUT2D eigenvalue weighted by atomic mass is 10.3. The number of rotatable bonds is 4. The number of aromatic nitrogens is 3. The molecule has 108 valence electrons. The van der Waals surface area contributed by atoms with E-state index in [0.29, 0.717) is 5.69 Å². The second-order valence-electron chi connectivity index (χ2n) is 5.66. The largest absolute Gasteiger partial charge is 0.591 e. The zero-order valence-corrected chi connectivity index (χ0v) is 13.1. The van der Waals surface area contributed by atoms with E-state index in [2.05, 4.69) is 21.4 Å². The van der Waals surface area contributed by atoms with E-state index in [9.17, 15) is 4.55 Å². The third-order valence-electron chi connectivity index (χ3n) is 2.72. The van der Waals surface area contributed by atoms with E-state index >= 15 is 0 Å². The van der Waals surface area contributed by atoms with Crippen molar-refractivity contribution in [1.82, 2.24) is 14.8 Å². The highest BCUT2D eigenvalue weighted by Crippen LogP contribution is 2.17. The second kappa shape index (κ2) is 5.93. The monoisotopic (exact) mass is 292 g/mol. The molecule has 0 bridgehead atoms. The van der Waals surface area contributed by atoms with Gasteiger partial charge in [-0.2, -0.15) is 5.10 Å². The molecule has 0 aliphatic carbocycles. The number of hydrogen-bond donors (Lipinski definition) is 0. The smallest absolute Gasteiger partial charge is 0.144 e. The van der Waals surface area contributed by atoms with Crippen molar-refractivity contribution < 1.29 is 4.55 Å². The summed E-state index contributed by atoms with van der Waals surface area (Å²) in [5.74, 6) is 0. The number of fused-ring (bicyclic) bond motifs is 1. The van der Waals surface area contributed by atoms with E-state index in [1.165, 1.54) is 0 Å². The molecule has 2 heterocycles. The van der Waals surface area contributed by atoms with Crippen molar-refractivity contribution in [3.05, 3.63) is 24.2 Å². The summed E-state index contributed by atoms with van der Waals surface area (Å²) in [4.78, 5) is 4.27. The highest BCUT2D eigenvalue weighted by molar-refractivity contribution is 7.91. The van der Waals surface area contributed by atoms with Crippen molar-refractivity contribution in [3.63, 3.8) is 0 Å². The van der Waals surface area contributed by atoms with Crippen molar-refractivity contribution in [2.24, 2.45) is 4.40 Å². The molecule has 0 N–H and O–H groups in total. The molecule has 0 aliphatic rings. The quantitative estimate of drug-likeness (QED) is 0.643. The van der Waals surface area contributed by atoms with Gasteiger partial charge >= 0.3 is 0 Å². The van der Waals surface area contributed by atoms with Gasteiger partial charge in [-0.1, -0.05) is 11.3 Å². The molecule has 0 aliphatic heterocycles. The van der Waals surface area contributed by atoms with Crippen molar-refractivity contribution in [2.45, 2.75) is 45.4 Å². The molecule has 1 atom stereocenters. The first-order chi connectivity index (χ1) is 9.40. The van der Waals surface area contributed by atoms with E-state index < -0.39 is 11.4 Å². The Morgan fingerprint density at radius 1 is 1.45 bits per heavy atom. The highest BCUT2D eigenvalue weighted by Gasteiger charge is 2.25. The molecule has 2 aromatic heterocycles. The van der Waals surface area contributed by atoms with Crippen LogP contribution in [0.3, 0.4) is 0 Å². The van der Waals surface area contributed by atoms with Crippen LogP contribution in [-0.4, -0.2) is 30.3 Å². The minimum Gasteiger partial charge on any atom is -0.591 e. The van der Waals surface area contributed by atoms with Gasteiger partial charge in [-0.15, -0.1) is 0 Å². The summed E-state index contributed by atoms with van der Waals surface area (Å²) in [6.07, 6.45) is 6.33. The van der Waals surface area contributed by atoms with Gasteiger partial charge in [-0.05, 0) is 33.3 Å². The van der Waals surface area contributed by atoms with Crippen LogP contribution in [0.5, 0.6) is 0 Å². The van der Waals surface area contributed by atoms with Gasteiger partial charge in [-0.3, -0.25) is 9.67 Å². The van der Waals surface area contributed by atoms with E-state index in [-0.39, 0.29) is 4.75 Å². The SMILES string of the molecule is CCCn1cc2cc(C=N[S+]([O-])C(C)(C)C)ncc2n1. The fourth-order valence-corrected chi connectivity index (χ4v) is 2.19.